The standard InChI is InChI=1S/C14H23N3O/c1-4-17(9-8-13(16-3)14(15)18)12-7-5-6-11(2)10-12/h5-7,10,13,16H,4,8-9H2,1-3H3,(H2,15,18). The van der Waals surface area contributed by atoms with Crippen molar-refractivity contribution in [2.75, 3.05) is 25.0 Å². The van der Waals surface area contributed by atoms with Crippen LogP contribution >= 0.6 is 0 Å². The first-order chi connectivity index (χ1) is 8.58. The number of carbonyl (C=O) groups excluding carboxylic acids is 1. The molecule has 1 amide bonds. The molecule has 0 saturated heterocycles. The van der Waals surface area contributed by atoms with E-state index in [4.69, 9.17) is 5.73 Å². The van der Waals surface area contributed by atoms with E-state index < -0.39 is 0 Å². The van der Waals surface area contributed by atoms with Gasteiger partial charge in [0.25, 0.3) is 0 Å². The van der Waals surface area contributed by atoms with Crippen molar-refractivity contribution in [2.45, 2.75) is 26.3 Å². The second kappa shape index (κ2) is 7.01. The van der Waals surface area contributed by atoms with Crippen LogP contribution in [0.1, 0.15) is 18.9 Å². The fourth-order valence-electron chi connectivity index (χ4n) is 2.01. The Morgan fingerprint density at radius 1 is 1.50 bits per heavy atom. The minimum absolute atomic E-state index is 0.260. The third-order valence-corrected chi connectivity index (χ3v) is 3.13. The van der Waals surface area contributed by atoms with Gasteiger partial charge in [0.1, 0.15) is 0 Å². The Hall–Kier alpha value is -1.55. The van der Waals surface area contributed by atoms with Crippen molar-refractivity contribution in [1.29, 1.82) is 0 Å². The maximum atomic E-state index is 11.2. The molecule has 0 aliphatic heterocycles. The Morgan fingerprint density at radius 2 is 2.22 bits per heavy atom. The molecule has 1 aromatic rings. The van der Waals surface area contributed by atoms with Crippen molar-refractivity contribution in [1.82, 2.24) is 5.32 Å². The molecule has 1 rings (SSSR count). The van der Waals surface area contributed by atoms with Crippen molar-refractivity contribution in [2.24, 2.45) is 5.73 Å². The summed E-state index contributed by atoms with van der Waals surface area (Å²) in [6.45, 7) is 5.92. The maximum Gasteiger partial charge on any atom is 0.234 e. The van der Waals surface area contributed by atoms with E-state index in [0.717, 1.165) is 13.1 Å². The summed E-state index contributed by atoms with van der Waals surface area (Å²) in [5.41, 5.74) is 7.75. The number of hydrogen-bond acceptors (Lipinski definition) is 3. The molecule has 0 heterocycles. The molecule has 0 fully saturated rings. The van der Waals surface area contributed by atoms with Gasteiger partial charge in [-0.3, -0.25) is 4.79 Å². The first-order valence-corrected chi connectivity index (χ1v) is 6.36. The summed E-state index contributed by atoms with van der Waals surface area (Å²) in [5.74, 6) is -0.294. The number of carbonyl (C=O) groups is 1. The largest absolute Gasteiger partial charge is 0.372 e. The number of primary amides is 1. The van der Waals surface area contributed by atoms with Crippen molar-refractivity contribution in [3.8, 4) is 0 Å². The Kier molecular flexibility index (Phi) is 5.65. The number of benzene rings is 1. The second-order valence-electron chi connectivity index (χ2n) is 4.45. The van der Waals surface area contributed by atoms with Crippen LogP contribution in [0.5, 0.6) is 0 Å². The van der Waals surface area contributed by atoms with Gasteiger partial charge in [0.05, 0.1) is 6.04 Å². The molecular weight excluding hydrogens is 226 g/mol. The molecule has 3 N–H and O–H groups in total. The zero-order valence-corrected chi connectivity index (χ0v) is 11.4. The molecule has 4 heteroatoms. The van der Waals surface area contributed by atoms with E-state index >= 15 is 0 Å². The highest BCUT2D eigenvalue weighted by Gasteiger charge is 2.14. The quantitative estimate of drug-likeness (QED) is 0.765. The van der Waals surface area contributed by atoms with Crippen LogP contribution in [0.25, 0.3) is 0 Å². The predicted molar refractivity (Wildman–Crippen MR) is 75.7 cm³/mol. The molecule has 0 radical (unpaired) electrons. The summed E-state index contributed by atoms with van der Waals surface area (Å²) in [5, 5.41) is 2.94. The molecule has 4 nitrogen and oxygen atoms in total. The number of nitrogens with two attached hydrogens (primary N) is 1. The first-order valence-electron chi connectivity index (χ1n) is 6.36. The van der Waals surface area contributed by atoms with Gasteiger partial charge in [-0.15, -0.1) is 0 Å². The topological polar surface area (TPSA) is 58.4 Å². The van der Waals surface area contributed by atoms with Crippen molar-refractivity contribution < 1.29 is 4.79 Å². The van der Waals surface area contributed by atoms with Crippen LogP contribution in [0.15, 0.2) is 24.3 Å². The van der Waals surface area contributed by atoms with E-state index in [1.54, 1.807) is 7.05 Å². The SMILES string of the molecule is CCN(CCC(NC)C(N)=O)c1cccc(C)c1. The van der Waals surface area contributed by atoms with Crippen LogP contribution in [0, 0.1) is 6.92 Å². The molecule has 1 unspecified atom stereocenters. The molecule has 18 heavy (non-hydrogen) atoms. The normalized spacial score (nSPS) is 12.2. The van der Waals surface area contributed by atoms with Crippen LogP contribution in [0.4, 0.5) is 5.69 Å². The van der Waals surface area contributed by atoms with Gasteiger partial charge in [0.2, 0.25) is 5.91 Å². The van der Waals surface area contributed by atoms with Crippen molar-refractivity contribution in [3.05, 3.63) is 29.8 Å². The summed E-state index contributed by atoms with van der Waals surface area (Å²) in [6, 6.07) is 8.12. The Morgan fingerprint density at radius 3 is 2.72 bits per heavy atom. The average molecular weight is 249 g/mol. The van der Waals surface area contributed by atoms with Gasteiger partial charge < -0.3 is 16.0 Å². The van der Waals surface area contributed by atoms with Crippen LogP contribution in [0.3, 0.4) is 0 Å². The third kappa shape index (κ3) is 4.04. The molecule has 0 aromatic heterocycles. The maximum absolute atomic E-state index is 11.2. The molecule has 0 aliphatic rings. The monoisotopic (exact) mass is 249 g/mol. The van der Waals surface area contributed by atoms with Gasteiger partial charge in [0.15, 0.2) is 0 Å². The summed E-state index contributed by atoms with van der Waals surface area (Å²) in [6.07, 6.45) is 0.716. The van der Waals surface area contributed by atoms with Crippen LogP contribution in [-0.4, -0.2) is 32.1 Å². The predicted octanol–water partition coefficient (Wildman–Crippen LogP) is 1.28. The fourth-order valence-corrected chi connectivity index (χ4v) is 2.01. The number of nitrogens with one attached hydrogen (secondary N) is 1. The smallest absolute Gasteiger partial charge is 0.234 e. The molecule has 1 aromatic carbocycles. The average Bonchev–Trinajstić information content (AvgIpc) is 2.34. The lowest BCUT2D eigenvalue weighted by Crippen LogP contribution is -2.41. The zero-order chi connectivity index (χ0) is 13.5. The van der Waals surface area contributed by atoms with Crippen LogP contribution in [-0.2, 0) is 4.79 Å². The summed E-state index contributed by atoms with van der Waals surface area (Å²) in [7, 11) is 1.76. The molecule has 0 bridgehead atoms. The van der Waals surface area contributed by atoms with Gasteiger partial charge >= 0.3 is 0 Å². The van der Waals surface area contributed by atoms with Gasteiger partial charge in [-0.25, -0.2) is 0 Å². The van der Waals surface area contributed by atoms with E-state index in [2.05, 4.69) is 48.3 Å². The van der Waals surface area contributed by atoms with E-state index in [0.29, 0.717) is 6.42 Å². The minimum Gasteiger partial charge on any atom is -0.372 e. The zero-order valence-electron chi connectivity index (χ0n) is 11.4. The number of amides is 1. The van der Waals surface area contributed by atoms with Gasteiger partial charge in [0, 0.05) is 18.8 Å². The highest BCUT2D eigenvalue weighted by Crippen LogP contribution is 2.16. The van der Waals surface area contributed by atoms with Gasteiger partial charge in [-0.05, 0) is 45.0 Å². The Bertz CT molecular complexity index is 392. The lowest BCUT2D eigenvalue weighted by atomic mass is 10.1. The highest BCUT2D eigenvalue weighted by atomic mass is 16.1. The van der Waals surface area contributed by atoms with Gasteiger partial charge in [-0.1, -0.05) is 12.1 Å². The molecular formula is C14H23N3O. The molecule has 0 spiro atoms. The van der Waals surface area contributed by atoms with Crippen molar-refractivity contribution >= 4 is 11.6 Å². The van der Waals surface area contributed by atoms with Crippen LogP contribution < -0.4 is 16.0 Å². The Balaban J connectivity index is 2.65. The van der Waals surface area contributed by atoms with E-state index in [9.17, 15) is 4.79 Å². The molecule has 100 valence electrons. The number of hydrogen-bond donors (Lipinski definition) is 2. The van der Waals surface area contributed by atoms with Crippen LogP contribution in [0.2, 0.25) is 0 Å². The number of aryl methyl sites for hydroxylation is 1. The number of rotatable bonds is 7. The lowest BCUT2D eigenvalue weighted by molar-refractivity contribution is -0.120. The molecule has 0 aliphatic carbocycles. The van der Waals surface area contributed by atoms with E-state index in [1.165, 1.54) is 11.3 Å². The summed E-state index contributed by atoms with van der Waals surface area (Å²) >= 11 is 0. The number of likely N-dealkylation sites (N-methyl/N-ethyl adjacent to an activating group) is 1. The first kappa shape index (κ1) is 14.5. The fraction of sp³-hybridized carbons (Fsp3) is 0.500. The Labute approximate surface area is 109 Å². The summed E-state index contributed by atoms with van der Waals surface area (Å²) < 4.78 is 0. The lowest BCUT2D eigenvalue weighted by Gasteiger charge is -2.25. The third-order valence-electron chi connectivity index (χ3n) is 3.13. The number of nitrogens with zero attached hydrogens (tertiary/aromatic N) is 1. The second-order valence-corrected chi connectivity index (χ2v) is 4.45. The molecule has 0 saturated carbocycles. The van der Waals surface area contributed by atoms with E-state index in [1.807, 2.05) is 0 Å². The summed E-state index contributed by atoms with van der Waals surface area (Å²) in [4.78, 5) is 13.4. The van der Waals surface area contributed by atoms with Crippen molar-refractivity contribution in [3.63, 3.8) is 0 Å². The number of anilines is 1. The van der Waals surface area contributed by atoms with Gasteiger partial charge in [-0.2, -0.15) is 0 Å². The highest BCUT2D eigenvalue weighted by molar-refractivity contribution is 5.79. The molecule has 1 atom stereocenters. The van der Waals surface area contributed by atoms with E-state index in [-0.39, 0.29) is 11.9 Å². The minimum atomic E-state index is -0.294.